The smallest absolute Gasteiger partial charge is 0.264 e. The quantitative estimate of drug-likeness (QED) is 0.283. The summed E-state index contributed by atoms with van der Waals surface area (Å²) in [7, 11) is -4.13. The van der Waals surface area contributed by atoms with E-state index in [2.05, 4.69) is 21.2 Å². The van der Waals surface area contributed by atoms with Gasteiger partial charge in [0.2, 0.25) is 11.8 Å². The molecule has 0 bridgehead atoms. The first kappa shape index (κ1) is 30.7. The van der Waals surface area contributed by atoms with Gasteiger partial charge in [0.05, 0.1) is 10.6 Å². The normalized spacial score (nSPS) is 12.9. The van der Waals surface area contributed by atoms with Crippen molar-refractivity contribution >= 4 is 55.1 Å². The molecule has 10 heteroatoms. The number of sulfonamides is 1. The summed E-state index contributed by atoms with van der Waals surface area (Å²) < 4.78 is 29.5. The van der Waals surface area contributed by atoms with E-state index in [1.54, 1.807) is 43.3 Å². The minimum Gasteiger partial charge on any atom is -0.352 e. The lowest BCUT2D eigenvalue weighted by molar-refractivity contribution is -0.139. The zero-order valence-electron chi connectivity index (χ0n) is 22.4. The fourth-order valence-corrected chi connectivity index (χ4v) is 5.84. The average Bonchev–Trinajstić information content (AvgIpc) is 2.90. The molecule has 0 aliphatic rings. The molecule has 2 atom stereocenters. The lowest BCUT2D eigenvalue weighted by Crippen LogP contribution is -2.52. The number of nitrogens with one attached hydrogen (secondary N) is 1. The molecule has 208 valence electrons. The van der Waals surface area contributed by atoms with Gasteiger partial charge in [0.1, 0.15) is 12.6 Å². The molecular formula is C29H33BrClN3O4S. The van der Waals surface area contributed by atoms with Crippen LogP contribution in [0.25, 0.3) is 0 Å². The van der Waals surface area contributed by atoms with Crippen LogP contribution >= 0.6 is 27.5 Å². The Morgan fingerprint density at radius 1 is 1.00 bits per heavy atom. The van der Waals surface area contributed by atoms with Crippen LogP contribution in [0.1, 0.15) is 38.3 Å². The van der Waals surface area contributed by atoms with Crippen molar-refractivity contribution in [2.45, 2.75) is 57.6 Å². The fraction of sp³-hybridized carbons (Fsp3) is 0.310. The molecule has 0 aromatic heterocycles. The van der Waals surface area contributed by atoms with E-state index in [0.717, 1.165) is 26.3 Å². The Morgan fingerprint density at radius 2 is 1.64 bits per heavy atom. The molecule has 0 saturated carbocycles. The first-order valence-electron chi connectivity index (χ1n) is 12.6. The van der Waals surface area contributed by atoms with Gasteiger partial charge in [0.25, 0.3) is 10.0 Å². The second kappa shape index (κ2) is 13.5. The van der Waals surface area contributed by atoms with Crippen LogP contribution in [0, 0.1) is 6.92 Å². The molecule has 3 aromatic carbocycles. The lowest BCUT2D eigenvalue weighted by Gasteiger charge is -2.32. The van der Waals surface area contributed by atoms with E-state index in [0.29, 0.717) is 5.02 Å². The summed E-state index contributed by atoms with van der Waals surface area (Å²) in [5.41, 5.74) is 1.98. The summed E-state index contributed by atoms with van der Waals surface area (Å²) in [6, 6.07) is 19.2. The minimum atomic E-state index is -4.13. The molecule has 0 fully saturated rings. The molecule has 1 N–H and O–H groups in total. The number of carbonyl (C=O) groups excluding carboxylic acids is 2. The van der Waals surface area contributed by atoms with Crippen LogP contribution in [0.15, 0.2) is 82.2 Å². The van der Waals surface area contributed by atoms with Crippen molar-refractivity contribution in [2.24, 2.45) is 0 Å². The molecule has 3 aromatic rings. The molecule has 0 unspecified atom stereocenters. The standard InChI is InChI=1S/C29H33BrClN3O4S/c1-5-21(3)32-29(36)22(4)33(18-23-7-6-8-24(30)17-23)28(35)19-34(26-13-11-25(31)12-14-26)39(37,38)27-15-9-20(2)10-16-27/h6-17,21-22H,5,18-19H2,1-4H3,(H,32,36)/t21-,22+/m1/s1. The fourth-order valence-electron chi connectivity index (χ4n) is 3.85. The second-order valence-electron chi connectivity index (χ2n) is 9.45. The van der Waals surface area contributed by atoms with Gasteiger partial charge in [-0.1, -0.05) is 64.3 Å². The summed E-state index contributed by atoms with van der Waals surface area (Å²) in [5, 5.41) is 3.36. The van der Waals surface area contributed by atoms with Gasteiger partial charge in [-0.05, 0) is 81.3 Å². The van der Waals surface area contributed by atoms with E-state index in [1.165, 1.54) is 17.0 Å². The lowest BCUT2D eigenvalue weighted by atomic mass is 10.1. The van der Waals surface area contributed by atoms with Crippen LogP contribution in [0.2, 0.25) is 5.02 Å². The Labute approximate surface area is 244 Å². The predicted molar refractivity (Wildman–Crippen MR) is 159 cm³/mol. The van der Waals surface area contributed by atoms with Gasteiger partial charge < -0.3 is 10.2 Å². The maximum absolute atomic E-state index is 13.9. The van der Waals surface area contributed by atoms with E-state index in [9.17, 15) is 18.0 Å². The van der Waals surface area contributed by atoms with Crippen molar-refractivity contribution in [3.05, 3.63) is 93.4 Å². The number of anilines is 1. The molecule has 2 amide bonds. The monoisotopic (exact) mass is 633 g/mol. The van der Waals surface area contributed by atoms with Crippen molar-refractivity contribution in [1.29, 1.82) is 0 Å². The van der Waals surface area contributed by atoms with Crippen LogP contribution in [0.3, 0.4) is 0 Å². The Balaban J connectivity index is 2.02. The summed E-state index contributed by atoms with van der Waals surface area (Å²) >= 11 is 9.51. The van der Waals surface area contributed by atoms with Crippen molar-refractivity contribution in [3.63, 3.8) is 0 Å². The molecule has 3 rings (SSSR count). The summed E-state index contributed by atoms with van der Waals surface area (Å²) in [5.74, 6) is -0.834. The zero-order valence-corrected chi connectivity index (χ0v) is 25.6. The van der Waals surface area contributed by atoms with E-state index in [-0.39, 0.29) is 29.1 Å². The Morgan fingerprint density at radius 3 is 2.23 bits per heavy atom. The Bertz CT molecular complexity index is 1400. The van der Waals surface area contributed by atoms with E-state index < -0.39 is 28.5 Å². The van der Waals surface area contributed by atoms with Crippen LogP contribution in [0.4, 0.5) is 5.69 Å². The molecule has 0 heterocycles. The van der Waals surface area contributed by atoms with Gasteiger partial charge in [-0.15, -0.1) is 0 Å². The third kappa shape index (κ3) is 8.06. The number of benzene rings is 3. The molecule has 0 saturated heterocycles. The number of hydrogen-bond donors (Lipinski definition) is 1. The first-order valence-corrected chi connectivity index (χ1v) is 15.2. The van der Waals surface area contributed by atoms with Crippen molar-refractivity contribution < 1.29 is 18.0 Å². The van der Waals surface area contributed by atoms with Gasteiger partial charge in [0.15, 0.2) is 0 Å². The number of nitrogens with zero attached hydrogens (tertiary/aromatic N) is 2. The molecule has 0 aliphatic carbocycles. The Kier molecular flexibility index (Phi) is 10.6. The molecule has 39 heavy (non-hydrogen) atoms. The predicted octanol–water partition coefficient (Wildman–Crippen LogP) is 5.94. The highest BCUT2D eigenvalue weighted by molar-refractivity contribution is 9.10. The van der Waals surface area contributed by atoms with Crippen molar-refractivity contribution in [3.8, 4) is 0 Å². The molecule has 7 nitrogen and oxygen atoms in total. The maximum Gasteiger partial charge on any atom is 0.264 e. The third-order valence-corrected chi connectivity index (χ3v) is 8.95. The van der Waals surface area contributed by atoms with Crippen LogP contribution in [0.5, 0.6) is 0 Å². The third-order valence-electron chi connectivity index (χ3n) is 6.41. The summed E-state index contributed by atoms with van der Waals surface area (Å²) in [6.45, 7) is 6.97. The second-order valence-corrected chi connectivity index (χ2v) is 12.7. The number of rotatable bonds is 11. The highest BCUT2D eigenvalue weighted by Crippen LogP contribution is 2.26. The summed E-state index contributed by atoms with van der Waals surface area (Å²) in [6.07, 6.45) is 0.733. The topological polar surface area (TPSA) is 86.8 Å². The Hall–Kier alpha value is -2.88. The average molecular weight is 635 g/mol. The number of halogens is 2. The van der Waals surface area contributed by atoms with Crippen LogP contribution in [-0.2, 0) is 26.2 Å². The van der Waals surface area contributed by atoms with Gasteiger partial charge in [-0.3, -0.25) is 13.9 Å². The summed E-state index contributed by atoms with van der Waals surface area (Å²) in [4.78, 5) is 28.5. The van der Waals surface area contributed by atoms with Crippen LogP contribution in [-0.4, -0.2) is 43.8 Å². The van der Waals surface area contributed by atoms with Gasteiger partial charge in [-0.2, -0.15) is 0 Å². The number of amides is 2. The first-order chi connectivity index (χ1) is 18.4. The van der Waals surface area contributed by atoms with E-state index >= 15 is 0 Å². The number of hydrogen-bond acceptors (Lipinski definition) is 4. The number of carbonyl (C=O) groups is 2. The zero-order chi connectivity index (χ0) is 28.7. The molecule has 0 spiro atoms. The molecule has 0 aliphatic heterocycles. The van der Waals surface area contributed by atoms with Gasteiger partial charge in [-0.25, -0.2) is 8.42 Å². The highest BCUT2D eigenvalue weighted by atomic mass is 79.9. The van der Waals surface area contributed by atoms with E-state index in [4.69, 9.17) is 11.6 Å². The molecule has 0 radical (unpaired) electrons. The maximum atomic E-state index is 13.9. The largest absolute Gasteiger partial charge is 0.352 e. The SMILES string of the molecule is CC[C@@H](C)NC(=O)[C@H](C)N(Cc1cccc(Br)c1)C(=O)CN(c1ccc(Cl)cc1)S(=O)(=O)c1ccc(C)cc1. The van der Waals surface area contributed by atoms with E-state index in [1.807, 2.05) is 45.0 Å². The van der Waals surface area contributed by atoms with Gasteiger partial charge in [0, 0.05) is 22.1 Å². The minimum absolute atomic E-state index is 0.0527. The van der Waals surface area contributed by atoms with Crippen molar-refractivity contribution in [1.82, 2.24) is 10.2 Å². The van der Waals surface area contributed by atoms with Crippen LogP contribution < -0.4 is 9.62 Å². The number of aryl methyl sites for hydroxylation is 1. The van der Waals surface area contributed by atoms with Crippen molar-refractivity contribution in [2.75, 3.05) is 10.8 Å². The highest BCUT2D eigenvalue weighted by Gasteiger charge is 2.32. The van der Waals surface area contributed by atoms with Gasteiger partial charge >= 0.3 is 0 Å². The molecular weight excluding hydrogens is 602 g/mol.